The highest BCUT2D eigenvalue weighted by Crippen LogP contribution is 2.39. The second-order valence-electron chi connectivity index (χ2n) is 6.49. The Balaban J connectivity index is 2.06. The predicted octanol–water partition coefficient (Wildman–Crippen LogP) is 3.11. The monoisotopic (exact) mass is 225 g/mol. The van der Waals surface area contributed by atoms with Crippen molar-refractivity contribution in [3.05, 3.63) is 0 Å². The number of morpholine rings is 1. The van der Waals surface area contributed by atoms with Crippen molar-refractivity contribution in [3.63, 3.8) is 0 Å². The van der Waals surface area contributed by atoms with E-state index in [2.05, 4.69) is 33.0 Å². The van der Waals surface area contributed by atoms with Crippen molar-refractivity contribution in [2.24, 2.45) is 5.41 Å². The van der Waals surface area contributed by atoms with E-state index in [1.165, 1.54) is 32.1 Å². The normalized spacial score (nSPS) is 36.8. The van der Waals surface area contributed by atoms with Gasteiger partial charge in [-0.2, -0.15) is 0 Å². The van der Waals surface area contributed by atoms with Crippen molar-refractivity contribution < 1.29 is 4.74 Å². The van der Waals surface area contributed by atoms with Crippen LogP contribution >= 0.6 is 0 Å². The highest BCUT2D eigenvalue weighted by molar-refractivity contribution is 5.00. The van der Waals surface area contributed by atoms with Gasteiger partial charge in [0.15, 0.2) is 0 Å². The van der Waals surface area contributed by atoms with Crippen molar-refractivity contribution >= 4 is 0 Å². The van der Waals surface area contributed by atoms with Gasteiger partial charge in [-0.05, 0) is 37.5 Å². The highest BCUT2D eigenvalue weighted by Gasteiger charge is 2.43. The standard InChI is InChI=1S/C14H27NO/c1-5-14(6-2)10-16-12-7-8-13(3,4)9-11(12)15-14/h11-12,15H,5-10H2,1-4H3. The molecule has 1 aliphatic heterocycles. The first kappa shape index (κ1) is 12.4. The molecule has 0 amide bonds. The molecule has 2 fully saturated rings. The Bertz CT molecular complexity index is 245. The van der Waals surface area contributed by atoms with Crippen LogP contribution < -0.4 is 5.32 Å². The lowest BCUT2D eigenvalue weighted by molar-refractivity contribution is -0.0967. The zero-order chi connectivity index (χ0) is 11.8. The van der Waals surface area contributed by atoms with Crippen molar-refractivity contribution in [1.29, 1.82) is 0 Å². The largest absolute Gasteiger partial charge is 0.375 e. The quantitative estimate of drug-likeness (QED) is 0.779. The van der Waals surface area contributed by atoms with Crippen molar-refractivity contribution in [2.75, 3.05) is 6.61 Å². The van der Waals surface area contributed by atoms with Crippen LogP contribution in [-0.4, -0.2) is 24.3 Å². The molecule has 0 bridgehead atoms. The molecular formula is C14H27NO. The minimum Gasteiger partial charge on any atom is -0.375 e. The Kier molecular flexibility index (Phi) is 3.33. The van der Waals surface area contributed by atoms with Gasteiger partial charge in [0.1, 0.15) is 0 Å². The molecule has 1 N–H and O–H groups in total. The average Bonchev–Trinajstić information content (AvgIpc) is 2.27. The zero-order valence-electron chi connectivity index (χ0n) is 11.3. The molecule has 1 saturated carbocycles. The molecule has 1 heterocycles. The van der Waals surface area contributed by atoms with Crippen LogP contribution in [0.3, 0.4) is 0 Å². The Morgan fingerprint density at radius 1 is 1.25 bits per heavy atom. The van der Waals surface area contributed by atoms with Crippen LogP contribution in [0.5, 0.6) is 0 Å². The fourth-order valence-corrected chi connectivity index (χ4v) is 3.27. The molecule has 94 valence electrons. The molecule has 0 radical (unpaired) electrons. The van der Waals surface area contributed by atoms with Crippen LogP contribution in [0.4, 0.5) is 0 Å². The maximum atomic E-state index is 6.11. The molecule has 2 atom stereocenters. The van der Waals surface area contributed by atoms with E-state index in [0.717, 1.165) is 6.61 Å². The SMILES string of the molecule is CCC1(CC)COC2CCC(C)(C)CC2N1. The molecular weight excluding hydrogens is 198 g/mol. The lowest BCUT2D eigenvalue weighted by atomic mass is 9.72. The maximum absolute atomic E-state index is 6.11. The van der Waals surface area contributed by atoms with E-state index in [1.807, 2.05) is 0 Å². The van der Waals surface area contributed by atoms with Gasteiger partial charge in [0.05, 0.1) is 12.7 Å². The molecule has 2 heteroatoms. The first-order valence-corrected chi connectivity index (χ1v) is 6.89. The fourth-order valence-electron chi connectivity index (χ4n) is 3.27. The van der Waals surface area contributed by atoms with E-state index >= 15 is 0 Å². The predicted molar refractivity (Wildman–Crippen MR) is 67.6 cm³/mol. The van der Waals surface area contributed by atoms with E-state index in [1.54, 1.807) is 0 Å². The number of ether oxygens (including phenoxy) is 1. The Morgan fingerprint density at radius 3 is 2.56 bits per heavy atom. The molecule has 16 heavy (non-hydrogen) atoms. The van der Waals surface area contributed by atoms with Gasteiger partial charge in [0, 0.05) is 11.6 Å². The summed E-state index contributed by atoms with van der Waals surface area (Å²) >= 11 is 0. The van der Waals surface area contributed by atoms with Gasteiger partial charge in [0.25, 0.3) is 0 Å². The summed E-state index contributed by atoms with van der Waals surface area (Å²) in [6.07, 6.45) is 6.62. The molecule has 0 aromatic heterocycles. The summed E-state index contributed by atoms with van der Waals surface area (Å²) in [6.45, 7) is 10.2. The van der Waals surface area contributed by atoms with Crippen molar-refractivity contribution in [2.45, 2.75) is 77.5 Å². The zero-order valence-corrected chi connectivity index (χ0v) is 11.3. The summed E-state index contributed by atoms with van der Waals surface area (Å²) in [4.78, 5) is 0. The summed E-state index contributed by atoms with van der Waals surface area (Å²) in [6, 6.07) is 0.581. The summed E-state index contributed by atoms with van der Waals surface area (Å²) in [5.41, 5.74) is 0.733. The summed E-state index contributed by atoms with van der Waals surface area (Å²) in [5, 5.41) is 3.90. The summed E-state index contributed by atoms with van der Waals surface area (Å²) in [5.74, 6) is 0. The number of hydrogen-bond donors (Lipinski definition) is 1. The fraction of sp³-hybridized carbons (Fsp3) is 1.00. The Labute approximate surface area is 100 Å². The first-order chi connectivity index (χ1) is 7.50. The van der Waals surface area contributed by atoms with Crippen LogP contribution in [0, 0.1) is 5.41 Å². The summed E-state index contributed by atoms with van der Waals surface area (Å²) < 4.78 is 6.11. The second kappa shape index (κ2) is 4.30. The van der Waals surface area contributed by atoms with Gasteiger partial charge >= 0.3 is 0 Å². The third kappa shape index (κ3) is 2.28. The van der Waals surface area contributed by atoms with Crippen LogP contribution in [0.15, 0.2) is 0 Å². The van der Waals surface area contributed by atoms with E-state index in [-0.39, 0.29) is 5.54 Å². The Morgan fingerprint density at radius 2 is 1.94 bits per heavy atom. The van der Waals surface area contributed by atoms with E-state index in [0.29, 0.717) is 17.6 Å². The molecule has 2 rings (SSSR count). The van der Waals surface area contributed by atoms with Crippen molar-refractivity contribution in [1.82, 2.24) is 5.32 Å². The minimum atomic E-state index is 0.245. The maximum Gasteiger partial charge on any atom is 0.0729 e. The van der Waals surface area contributed by atoms with Crippen molar-refractivity contribution in [3.8, 4) is 0 Å². The third-order valence-corrected chi connectivity index (χ3v) is 4.75. The van der Waals surface area contributed by atoms with Gasteiger partial charge in [0.2, 0.25) is 0 Å². The van der Waals surface area contributed by atoms with E-state index < -0.39 is 0 Å². The van der Waals surface area contributed by atoms with E-state index in [9.17, 15) is 0 Å². The number of rotatable bonds is 2. The lowest BCUT2D eigenvalue weighted by Gasteiger charge is -2.50. The lowest BCUT2D eigenvalue weighted by Crippen LogP contribution is -2.64. The van der Waals surface area contributed by atoms with Gasteiger partial charge < -0.3 is 10.1 Å². The Hall–Kier alpha value is -0.0800. The molecule has 2 aliphatic rings. The van der Waals surface area contributed by atoms with Gasteiger partial charge in [-0.1, -0.05) is 27.7 Å². The summed E-state index contributed by atoms with van der Waals surface area (Å²) in [7, 11) is 0. The number of nitrogens with one attached hydrogen (secondary N) is 1. The second-order valence-corrected chi connectivity index (χ2v) is 6.49. The topological polar surface area (TPSA) is 21.3 Å². The molecule has 1 saturated heterocycles. The van der Waals surface area contributed by atoms with Gasteiger partial charge in [-0.25, -0.2) is 0 Å². The van der Waals surface area contributed by atoms with Crippen LogP contribution in [0.2, 0.25) is 0 Å². The number of fused-ring (bicyclic) bond motifs is 1. The smallest absolute Gasteiger partial charge is 0.0729 e. The molecule has 0 aromatic rings. The van der Waals surface area contributed by atoms with Crippen LogP contribution in [0.25, 0.3) is 0 Å². The van der Waals surface area contributed by atoms with Crippen LogP contribution in [-0.2, 0) is 4.74 Å². The molecule has 2 unspecified atom stereocenters. The minimum absolute atomic E-state index is 0.245. The highest BCUT2D eigenvalue weighted by atomic mass is 16.5. The van der Waals surface area contributed by atoms with Gasteiger partial charge in [-0.15, -0.1) is 0 Å². The molecule has 0 spiro atoms. The van der Waals surface area contributed by atoms with Crippen LogP contribution in [0.1, 0.15) is 59.8 Å². The first-order valence-electron chi connectivity index (χ1n) is 6.89. The van der Waals surface area contributed by atoms with Gasteiger partial charge in [-0.3, -0.25) is 0 Å². The number of hydrogen-bond acceptors (Lipinski definition) is 2. The third-order valence-electron chi connectivity index (χ3n) is 4.75. The molecule has 1 aliphatic carbocycles. The molecule has 2 nitrogen and oxygen atoms in total. The molecule has 0 aromatic carbocycles. The average molecular weight is 225 g/mol. The van der Waals surface area contributed by atoms with E-state index in [4.69, 9.17) is 4.74 Å².